The zero-order chi connectivity index (χ0) is 21.6. The van der Waals surface area contributed by atoms with E-state index in [1.807, 2.05) is 18.2 Å². The van der Waals surface area contributed by atoms with Crippen molar-refractivity contribution < 1.29 is 14.3 Å². The van der Waals surface area contributed by atoms with Gasteiger partial charge >= 0.3 is 0 Å². The second-order valence-corrected chi connectivity index (χ2v) is 8.89. The topological polar surface area (TPSA) is 62.4 Å². The number of hydrogen-bond donors (Lipinski definition) is 1. The van der Waals surface area contributed by atoms with Gasteiger partial charge in [-0.1, -0.05) is 30.3 Å². The largest absolute Gasteiger partial charge is 0.497 e. The molecule has 3 aromatic rings. The van der Waals surface area contributed by atoms with Crippen LogP contribution in [-0.4, -0.2) is 41.6 Å². The molecule has 3 heterocycles. The molecule has 1 N–H and O–H groups in total. The minimum absolute atomic E-state index is 0.0771. The van der Waals surface area contributed by atoms with Gasteiger partial charge in [-0.05, 0) is 43.0 Å². The van der Waals surface area contributed by atoms with Crippen molar-refractivity contribution in [3.8, 4) is 5.75 Å². The highest BCUT2D eigenvalue weighted by Gasteiger charge is 2.51. The summed E-state index contributed by atoms with van der Waals surface area (Å²) >= 11 is 0. The van der Waals surface area contributed by atoms with Crippen LogP contribution in [0.25, 0.3) is 10.9 Å². The lowest BCUT2D eigenvalue weighted by Crippen LogP contribution is -2.58. The van der Waals surface area contributed by atoms with Crippen LogP contribution in [0.4, 0.5) is 0 Å². The lowest BCUT2D eigenvalue weighted by atomic mass is 9.70. The number of aromatic amines is 1. The highest BCUT2D eigenvalue weighted by Crippen LogP contribution is 2.49. The molecular weight excluding hydrogens is 388 g/mol. The van der Waals surface area contributed by atoms with Gasteiger partial charge in [-0.15, -0.1) is 0 Å². The number of ketones is 2. The molecule has 5 nitrogen and oxygen atoms in total. The maximum Gasteiger partial charge on any atom is 0.139 e. The van der Waals surface area contributed by atoms with Crippen molar-refractivity contribution in [1.29, 1.82) is 0 Å². The Labute approximate surface area is 182 Å². The molecule has 0 radical (unpaired) electrons. The average Bonchev–Trinajstić information content (AvgIpc) is 3.16. The predicted molar refractivity (Wildman–Crippen MR) is 120 cm³/mol. The summed E-state index contributed by atoms with van der Waals surface area (Å²) in [4.78, 5) is 31.1. The molecule has 5 rings (SSSR count). The zero-order valence-electron chi connectivity index (χ0n) is 18.1. The number of carbonyl (C=O) groups is 2. The Balaban J connectivity index is 1.65. The highest BCUT2D eigenvalue weighted by molar-refractivity contribution is 5.89. The molecule has 0 amide bonds. The molecule has 1 aromatic heterocycles. The molecule has 5 heteroatoms. The van der Waals surface area contributed by atoms with Gasteiger partial charge in [0.05, 0.1) is 12.6 Å². The number of methoxy groups -OCH3 is 1. The van der Waals surface area contributed by atoms with Crippen LogP contribution in [0.15, 0.2) is 48.5 Å². The number of aromatic nitrogens is 1. The van der Waals surface area contributed by atoms with E-state index in [4.69, 9.17) is 4.74 Å². The molecule has 1 fully saturated rings. The number of nitrogens with one attached hydrogen (secondary N) is 1. The summed E-state index contributed by atoms with van der Waals surface area (Å²) in [5.41, 5.74) is 4.13. The maximum atomic E-state index is 13.4. The first-order valence-corrected chi connectivity index (χ1v) is 11.0. The number of hydrogen-bond acceptors (Lipinski definition) is 4. The Morgan fingerprint density at radius 3 is 2.77 bits per heavy atom. The van der Waals surface area contributed by atoms with E-state index in [9.17, 15) is 9.59 Å². The summed E-state index contributed by atoms with van der Waals surface area (Å²) in [6.45, 7) is 3.19. The van der Waals surface area contributed by atoms with E-state index in [-0.39, 0.29) is 17.5 Å². The van der Waals surface area contributed by atoms with Crippen molar-refractivity contribution in [3.05, 3.63) is 65.4 Å². The van der Waals surface area contributed by atoms with E-state index < -0.39 is 5.54 Å². The number of H-pyrrole nitrogens is 1. The second-order valence-electron chi connectivity index (χ2n) is 8.89. The van der Waals surface area contributed by atoms with Crippen molar-refractivity contribution in [2.75, 3.05) is 20.2 Å². The predicted octanol–water partition coefficient (Wildman–Crippen LogP) is 4.24. The van der Waals surface area contributed by atoms with Crippen LogP contribution >= 0.6 is 0 Å². The van der Waals surface area contributed by atoms with Gasteiger partial charge in [-0.25, -0.2) is 0 Å². The Hall–Kier alpha value is -2.92. The molecule has 0 saturated carbocycles. The summed E-state index contributed by atoms with van der Waals surface area (Å²) in [5.74, 6) is 1.15. The van der Waals surface area contributed by atoms with E-state index in [0.29, 0.717) is 25.8 Å². The summed E-state index contributed by atoms with van der Waals surface area (Å²) in [7, 11) is 1.68. The molecule has 2 aliphatic rings. The van der Waals surface area contributed by atoms with Crippen LogP contribution in [0.2, 0.25) is 0 Å². The maximum absolute atomic E-state index is 13.4. The van der Waals surface area contributed by atoms with Crippen LogP contribution in [-0.2, 0) is 21.5 Å². The van der Waals surface area contributed by atoms with E-state index in [1.165, 1.54) is 10.9 Å². The molecular formula is C26H28N2O3. The molecule has 160 valence electrons. The quantitative estimate of drug-likeness (QED) is 0.676. The zero-order valence-corrected chi connectivity index (χ0v) is 18.1. The third kappa shape index (κ3) is 3.19. The van der Waals surface area contributed by atoms with E-state index >= 15 is 0 Å². The summed E-state index contributed by atoms with van der Waals surface area (Å²) in [5, 5.41) is 1.21. The third-order valence-corrected chi connectivity index (χ3v) is 7.12. The van der Waals surface area contributed by atoms with Gasteiger partial charge in [0.2, 0.25) is 0 Å². The van der Waals surface area contributed by atoms with Crippen molar-refractivity contribution in [3.63, 3.8) is 0 Å². The van der Waals surface area contributed by atoms with E-state index in [1.54, 1.807) is 14.0 Å². The first-order valence-electron chi connectivity index (χ1n) is 11.0. The van der Waals surface area contributed by atoms with Crippen LogP contribution in [0.5, 0.6) is 5.75 Å². The Morgan fingerprint density at radius 1 is 1.23 bits per heavy atom. The summed E-state index contributed by atoms with van der Waals surface area (Å²) in [6.07, 6.45) is 2.48. The minimum Gasteiger partial charge on any atom is -0.497 e. The van der Waals surface area contributed by atoms with Crippen molar-refractivity contribution >= 4 is 22.5 Å². The Kier molecular flexibility index (Phi) is 4.94. The van der Waals surface area contributed by atoms with Crippen LogP contribution < -0.4 is 4.74 Å². The van der Waals surface area contributed by atoms with Gasteiger partial charge in [0, 0.05) is 54.5 Å². The highest BCUT2D eigenvalue weighted by atomic mass is 16.5. The van der Waals surface area contributed by atoms with Gasteiger partial charge in [0.25, 0.3) is 0 Å². The fraction of sp³-hybridized carbons (Fsp3) is 0.385. The van der Waals surface area contributed by atoms with Gasteiger partial charge in [0.1, 0.15) is 17.3 Å². The number of fused-ring (bicyclic) bond motifs is 5. The molecule has 2 aliphatic heterocycles. The monoisotopic (exact) mass is 416 g/mol. The fourth-order valence-corrected chi connectivity index (χ4v) is 5.55. The number of benzene rings is 2. The molecule has 0 bridgehead atoms. The molecule has 0 aliphatic carbocycles. The van der Waals surface area contributed by atoms with E-state index in [2.05, 4.69) is 40.2 Å². The SMILES string of the molecule is COc1ccc2c3c([nH]c2c1)[C@]1(c2ccccc2)CC(=O)[C@@H](CCC(C)=O)CN1CC3. The van der Waals surface area contributed by atoms with Gasteiger partial charge in [-0.3, -0.25) is 9.69 Å². The van der Waals surface area contributed by atoms with Gasteiger partial charge in [0.15, 0.2) is 0 Å². The second kappa shape index (κ2) is 7.65. The molecule has 1 saturated heterocycles. The van der Waals surface area contributed by atoms with Crippen LogP contribution in [0.1, 0.15) is 43.0 Å². The van der Waals surface area contributed by atoms with Gasteiger partial charge < -0.3 is 14.5 Å². The number of Topliss-reactive ketones (excluding diaryl/α,β-unsaturated/α-hetero) is 2. The minimum atomic E-state index is -0.495. The lowest BCUT2D eigenvalue weighted by Gasteiger charge is -2.51. The average molecular weight is 417 g/mol. The number of rotatable bonds is 5. The number of piperidine rings is 1. The number of nitrogens with zero attached hydrogens (tertiary/aromatic N) is 1. The molecule has 2 atom stereocenters. The standard InChI is InChI=1S/C26H28N2O3/c1-17(29)8-9-18-16-28-13-12-22-21-11-10-20(31-2)14-23(21)27-25(22)26(28,15-24(18)30)19-6-4-3-5-7-19/h3-7,10-11,14,18,27H,8-9,12-13,15-16H2,1-2H3/t18-,26+/m0/s1. The number of ether oxygens (including phenoxy) is 1. The molecule has 0 spiro atoms. The molecule has 31 heavy (non-hydrogen) atoms. The molecule has 2 aromatic carbocycles. The smallest absolute Gasteiger partial charge is 0.139 e. The summed E-state index contributed by atoms with van der Waals surface area (Å²) in [6, 6.07) is 16.6. The number of carbonyl (C=O) groups excluding carboxylic acids is 2. The van der Waals surface area contributed by atoms with Crippen molar-refractivity contribution in [1.82, 2.24) is 9.88 Å². The van der Waals surface area contributed by atoms with Crippen molar-refractivity contribution in [2.45, 2.75) is 38.1 Å². The van der Waals surface area contributed by atoms with Crippen LogP contribution in [0, 0.1) is 5.92 Å². The lowest BCUT2D eigenvalue weighted by molar-refractivity contribution is -0.132. The Bertz CT molecular complexity index is 1150. The van der Waals surface area contributed by atoms with Crippen molar-refractivity contribution in [2.24, 2.45) is 5.92 Å². The van der Waals surface area contributed by atoms with Gasteiger partial charge in [-0.2, -0.15) is 0 Å². The van der Waals surface area contributed by atoms with E-state index in [0.717, 1.165) is 35.5 Å². The molecule has 0 unspecified atom stereocenters. The first-order chi connectivity index (χ1) is 15.0. The first kappa shape index (κ1) is 20.0. The normalized spacial score (nSPS) is 23.4. The fourth-order valence-electron chi connectivity index (χ4n) is 5.55. The Morgan fingerprint density at radius 2 is 2.03 bits per heavy atom. The summed E-state index contributed by atoms with van der Waals surface area (Å²) < 4.78 is 5.44. The third-order valence-electron chi connectivity index (χ3n) is 7.12. The van der Waals surface area contributed by atoms with Crippen LogP contribution in [0.3, 0.4) is 0 Å².